The molecule has 0 aliphatic heterocycles. The molecule has 0 saturated heterocycles. The van der Waals surface area contributed by atoms with Crippen molar-refractivity contribution >= 4 is 17.3 Å². The molecule has 0 bridgehead atoms. The summed E-state index contributed by atoms with van der Waals surface area (Å²) in [5.74, 6) is -0.149. The third-order valence-electron chi connectivity index (χ3n) is 3.73. The second-order valence-corrected chi connectivity index (χ2v) is 6.38. The van der Waals surface area contributed by atoms with Crippen LogP contribution in [0.3, 0.4) is 0 Å². The molecule has 126 valence electrons. The number of thiophene rings is 1. The Balaban J connectivity index is 1.80. The van der Waals surface area contributed by atoms with E-state index in [-0.39, 0.29) is 12.5 Å². The lowest BCUT2D eigenvalue weighted by molar-refractivity contribution is -0.138. The summed E-state index contributed by atoms with van der Waals surface area (Å²) >= 11 is 1.70. The maximum Gasteiger partial charge on any atom is 0.305 e. The highest BCUT2D eigenvalue weighted by Crippen LogP contribution is 2.25. The molecule has 1 unspecified atom stereocenters. The number of nitrogens with one attached hydrogen (secondary N) is 2. The van der Waals surface area contributed by atoms with E-state index in [9.17, 15) is 9.90 Å². The molecule has 1 atom stereocenters. The minimum atomic E-state index is -0.853. The first kappa shape index (κ1) is 16.3. The van der Waals surface area contributed by atoms with Gasteiger partial charge in [0.05, 0.1) is 31.0 Å². The average molecular weight is 346 g/mol. The van der Waals surface area contributed by atoms with Crippen molar-refractivity contribution in [3.63, 3.8) is 0 Å². The van der Waals surface area contributed by atoms with Gasteiger partial charge in [0.2, 0.25) is 0 Å². The predicted octanol–water partition coefficient (Wildman–Crippen LogP) is 1.85. The summed E-state index contributed by atoms with van der Waals surface area (Å²) in [5, 5.41) is 18.1. The van der Waals surface area contributed by atoms with Gasteiger partial charge in [-0.3, -0.25) is 14.8 Å². The molecule has 9 heteroatoms. The second-order valence-electron chi connectivity index (χ2n) is 5.35. The first-order valence-electron chi connectivity index (χ1n) is 7.53. The Morgan fingerprint density at radius 2 is 2.38 bits per heavy atom. The van der Waals surface area contributed by atoms with E-state index in [1.807, 2.05) is 11.4 Å². The largest absolute Gasteiger partial charge is 0.481 e. The molecular weight excluding hydrogens is 328 g/mol. The van der Waals surface area contributed by atoms with Crippen molar-refractivity contribution in [2.75, 3.05) is 6.54 Å². The van der Waals surface area contributed by atoms with Crippen LogP contribution in [0.1, 0.15) is 28.9 Å². The number of nitrogens with zero attached hydrogens (tertiary/aromatic N) is 4. The predicted molar refractivity (Wildman–Crippen MR) is 88.4 cm³/mol. The summed E-state index contributed by atoms with van der Waals surface area (Å²) in [4.78, 5) is 25.9. The smallest absolute Gasteiger partial charge is 0.305 e. The van der Waals surface area contributed by atoms with Gasteiger partial charge in [-0.05, 0) is 17.9 Å². The van der Waals surface area contributed by atoms with Gasteiger partial charge in [0, 0.05) is 17.6 Å². The number of rotatable bonds is 9. The molecule has 0 spiro atoms. The molecule has 24 heavy (non-hydrogen) atoms. The Hall–Kier alpha value is -2.52. The fourth-order valence-electron chi connectivity index (χ4n) is 2.60. The molecule has 3 N–H and O–H groups in total. The van der Waals surface area contributed by atoms with Gasteiger partial charge in [-0.2, -0.15) is 5.10 Å². The monoisotopic (exact) mass is 346 g/mol. The zero-order valence-corrected chi connectivity index (χ0v) is 13.7. The van der Waals surface area contributed by atoms with E-state index in [1.165, 1.54) is 11.2 Å². The van der Waals surface area contributed by atoms with Gasteiger partial charge in [-0.15, -0.1) is 11.3 Å². The minimum Gasteiger partial charge on any atom is -0.481 e. The van der Waals surface area contributed by atoms with Gasteiger partial charge in [0.25, 0.3) is 0 Å². The van der Waals surface area contributed by atoms with Gasteiger partial charge in [-0.25, -0.2) is 9.97 Å². The number of aromatic nitrogens is 5. The topological polar surface area (TPSA) is 111 Å². The van der Waals surface area contributed by atoms with Crippen molar-refractivity contribution in [1.29, 1.82) is 0 Å². The molecule has 3 heterocycles. The lowest BCUT2D eigenvalue weighted by atomic mass is 10.1. The standard InChI is InChI=1S/C15H18N6O2S/c22-15(23)6-13(12-7-16-9-17-12)21(8-14-18-10-19-20-14)4-3-11-2-1-5-24-11/h1-2,5,7,9-10,13H,3-4,6,8H2,(H,16,17)(H,22,23)(H,18,19,20). The number of aliphatic carboxylic acids is 1. The fraction of sp³-hybridized carbons (Fsp3) is 0.333. The third kappa shape index (κ3) is 4.27. The Morgan fingerprint density at radius 3 is 3.00 bits per heavy atom. The molecule has 8 nitrogen and oxygen atoms in total. The number of imidazole rings is 1. The van der Waals surface area contributed by atoms with E-state index < -0.39 is 5.97 Å². The van der Waals surface area contributed by atoms with Crippen molar-refractivity contribution in [2.24, 2.45) is 0 Å². The number of carbonyl (C=O) groups is 1. The van der Waals surface area contributed by atoms with Crippen LogP contribution in [0.25, 0.3) is 0 Å². The van der Waals surface area contributed by atoms with Gasteiger partial charge < -0.3 is 10.1 Å². The molecule has 0 radical (unpaired) electrons. The van der Waals surface area contributed by atoms with E-state index in [2.05, 4.69) is 36.1 Å². The van der Waals surface area contributed by atoms with E-state index in [0.717, 1.165) is 12.1 Å². The van der Waals surface area contributed by atoms with Crippen LogP contribution >= 0.6 is 11.3 Å². The Labute approximate surface area is 142 Å². The SMILES string of the molecule is O=C(O)CC(c1cnc[nH]1)N(CCc1cccs1)Cc1ncn[nH]1. The molecule has 0 aromatic carbocycles. The summed E-state index contributed by atoms with van der Waals surface area (Å²) < 4.78 is 0. The highest BCUT2D eigenvalue weighted by Gasteiger charge is 2.25. The number of hydrogen-bond acceptors (Lipinski definition) is 6. The summed E-state index contributed by atoms with van der Waals surface area (Å²) in [7, 11) is 0. The molecular formula is C15H18N6O2S. The van der Waals surface area contributed by atoms with Crippen LogP contribution < -0.4 is 0 Å². The lowest BCUT2D eigenvalue weighted by Gasteiger charge is -2.29. The Morgan fingerprint density at radius 1 is 1.46 bits per heavy atom. The number of H-pyrrole nitrogens is 2. The molecule has 3 aromatic heterocycles. The number of carboxylic acid groups (broad SMARTS) is 1. The van der Waals surface area contributed by atoms with Crippen LogP contribution in [-0.4, -0.2) is 47.7 Å². The van der Waals surface area contributed by atoms with Crippen LogP contribution in [0.5, 0.6) is 0 Å². The average Bonchev–Trinajstić information content (AvgIpc) is 3.32. The van der Waals surface area contributed by atoms with E-state index in [1.54, 1.807) is 23.9 Å². The maximum absolute atomic E-state index is 11.4. The van der Waals surface area contributed by atoms with Crippen LogP contribution in [0.4, 0.5) is 0 Å². The van der Waals surface area contributed by atoms with Crippen LogP contribution in [0.2, 0.25) is 0 Å². The molecule has 3 aromatic rings. The summed E-state index contributed by atoms with van der Waals surface area (Å²) in [6, 6.07) is 3.79. The molecule has 3 rings (SSSR count). The van der Waals surface area contributed by atoms with Crippen molar-refractivity contribution in [1.82, 2.24) is 30.0 Å². The lowest BCUT2D eigenvalue weighted by Crippen LogP contribution is -2.32. The van der Waals surface area contributed by atoms with Crippen molar-refractivity contribution in [2.45, 2.75) is 25.4 Å². The zero-order chi connectivity index (χ0) is 16.8. The summed E-state index contributed by atoms with van der Waals surface area (Å²) in [5.41, 5.74) is 0.781. The molecule has 0 aliphatic rings. The maximum atomic E-state index is 11.4. The number of carboxylic acids is 1. The summed E-state index contributed by atoms with van der Waals surface area (Å²) in [6.45, 7) is 1.19. The molecule has 0 fully saturated rings. The van der Waals surface area contributed by atoms with Gasteiger partial charge in [0.15, 0.2) is 0 Å². The van der Waals surface area contributed by atoms with Crippen LogP contribution in [0, 0.1) is 0 Å². The zero-order valence-electron chi connectivity index (χ0n) is 12.9. The van der Waals surface area contributed by atoms with Crippen molar-refractivity contribution in [3.05, 3.63) is 52.8 Å². The third-order valence-corrected chi connectivity index (χ3v) is 4.67. The van der Waals surface area contributed by atoms with E-state index in [4.69, 9.17) is 0 Å². The van der Waals surface area contributed by atoms with Crippen LogP contribution in [0.15, 0.2) is 36.4 Å². The van der Waals surface area contributed by atoms with Crippen molar-refractivity contribution < 1.29 is 9.90 Å². The van der Waals surface area contributed by atoms with Gasteiger partial charge in [0.1, 0.15) is 12.2 Å². The molecule has 0 aliphatic carbocycles. The number of hydrogen-bond donors (Lipinski definition) is 3. The minimum absolute atomic E-state index is 0.0131. The Kier molecular flexibility index (Phi) is 5.34. The quantitative estimate of drug-likeness (QED) is 0.545. The highest BCUT2D eigenvalue weighted by atomic mass is 32.1. The first-order chi connectivity index (χ1) is 11.7. The van der Waals surface area contributed by atoms with E-state index >= 15 is 0 Å². The van der Waals surface area contributed by atoms with Gasteiger partial charge >= 0.3 is 5.97 Å². The second kappa shape index (κ2) is 7.84. The first-order valence-corrected chi connectivity index (χ1v) is 8.41. The fourth-order valence-corrected chi connectivity index (χ4v) is 3.30. The Bertz CT molecular complexity index is 726. The highest BCUT2D eigenvalue weighted by molar-refractivity contribution is 7.09. The summed E-state index contributed by atoms with van der Waals surface area (Å²) in [6.07, 6.45) is 5.52. The van der Waals surface area contributed by atoms with Gasteiger partial charge in [-0.1, -0.05) is 6.07 Å². The normalized spacial score (nSPS) is 12.5. The van der Waals surface area contributed by atoms with Crippen molar-refractivity contribution in [3.8, 4) is 0 Å². The van der Waals surface area contributed by atoms with Crippen LogP contribution in [-0.2, 0) is 17.8 Å². The number of aromatic amines is 2. The van der Waals surface area contributed by atoms with E-state index in [0.29, 0.717) is 18.9 Å². The molecule has 0 saturated carbocycles. The molecule has 0 amide bonds.